The molecule has 33 heavy (non-hydrogen) atoms. The van der Waals surface area contributed by atoms with Crippen LogP contribution in [0.3, 0.4) is 0 Å². The van der Waals surface area contributed by atoms with E-state index in [1.54, 1.807) is 28.6 Å². The molecule has 2 amide bonds. The fraction of sp³-hybridized carbons (Fsp3) is 0.286. The predicted octanol–water partition coefficient (Wildman–Crippen LogP) is 3.02. The molecule has 5 rings (SSSR count). The number of carbonyl (C=O) groups excluding carboxylic acids is 2. The van der Waals surface area contributed by atoms with Crippen molar-refractivity contribution in [3.63, 3.8) is 0 Å². The van der Waals surface area contributed by atoms with Gasteiger partial charge in [0.2, 0.25) is 11.8 Å². The van der Waals surface area contributed by atoms with E-state index < -0.39 is 5.82 Å². The standard InChI is InChI=1S/C21H19ClFN7O3/c1-3-16(32)30-6-11(7-30)33-21-19(23)18(22)17(12-4-25-28-20(12)21)13-8-29-9-14(26-10(2)31)27-15(29)5-24-13/h4-5,8-9,11H,3,6-7H2,1-2H3,(H,25,28)(H,26,31). The molecule has 1 aliphatic rings. The molecule has 170 valence electrons. The monoisotopic (exact) mass is 471 g/mol. The Balaban J connectivity index is 1.52. The van der Waals surface area contributed by atoms with Crippen LogP contribution in [0, 0.1) is 5.82 Å². The molecule has 0 aliphatic carbocycles. The molecule has 4 aromatic rings. The minimum Gasteiger partial charge on any atom is -0.481 e. The number of halogens is 2. The number of H-pyrrole nitrogens is 1. The molecule has 0 bridgehead atoms. The molecule has 10 nitrogen and oxygen atoms in total. The second-order valence-corrected chi connectivity index (χ2v) is 8.11. The highest BCUT2D eigenvalue weighted by molar-refractivity contribution is 6.35. The number of rotatable bonds is 5. The summed E-state index contributed by atoms with van der Waals surface area (Å²) in [5.41, 5.74) is 1.58. The summed E-state index contributed by atoms with van der Waals surface area (Å²) in [5, 5.41) is 9.81. The van der Waals surface area contributed by atoms with Crippen LogP contribution in [0.15, 0.2) is 24.8 Å². The van der Waals surface area contributed by atoms with Gasteiger partial charge in [0.05, 0.1) is 42.4 Å². The first-order valence-corrected chi connectivity index (χ1v) is 10.6. The average Bonchev–Trinajstić information content (AvgIpc) is 3.38. The van der Waals surface area contributed by atoms with Crippen LogP contribution in [0.4, 0.5) is 10.2 Å². The minimum atomic E-state index is -0.741. The van der Waals surface area contributed by atoms with Crippen molar-refractivity contribution in [3.8, 4) is 17.0 Å². The maximum Gasteiger partial charge on any atom is 0.222 e. The van der Waals surface area contributed by atoms with Crippen LogP contribution in [-0.4, -0.2) is 60.5 Å². The van der Waals surface area contributed by atoms with Crippen LogP contribution in [0.2, 0.25) is 5.02 Å². The zero-order valence-electron chi connectivity index (χ0n) is 17.7. The van der Waals surface area contributed by atoms with Gasteiger partial charge in [-0.2, -0.15) is 5.10 Å². The van der Waals surface area contributed by atoms with E-state index in [4.69, 9.17) is 16.3 Å². The molecule has 1 fully saturated rings. The van der Waals surface area contributed by atoms with Gasteiger partial charge in [0.25, 0.3) is 0 Å². The number of nitrogens with one attached hydrogen (secondary N) is 2. The number of hydrogen-bond donors (Lipinski definition) is 2. The number of ether oxygens (including phenoxy) is 1. The lowest BCUT2D eigenvalue weighted by atomic mass is 10.1. The number of amides is 2. The third-order valence-corrected chi connectivity index (χ3v) is 5.79. The molecule has 1 saturated heterocycles. The van der Waals surface area contributed by atoms with E-state index in [0.717, 1.165) is 0 Å². The van der Waals surface area contributed by atoms with Gasteiger partial charge in [-0.05, 0) is 0 Å². The van der Waals surface area contributed by atoms with E-state index in [9.17, 15) is 9.59 Å². The molecule has 3 aromatic heterocycles. The summed E-state index contributed by atoms with van der Waals surface area (Å²) in [4.78, 5) is 33.4. The number of imidazole rings is 1. The van der Waals surface area contributed by atoms with Gasteiger partial charge in [0.1, 0.15) is 11.6 Å². The second kappa shape index (κ2) is 8.00. The Morgan fingerprint density at radius 1 is 1.33 bits per heavy atom. The number of likely N-dealkylation sites (tertiary alicyclic amines) is 1. The van der Waals surface area contributed by atoms with Gasteiger partial charge in [-0.15, -0.1) is 0 Å². The van der Waals surface area contributed by atoms with Crippen LogP contribution < -0.4 is 10.1 Å². The highest BCUT2D eigenvalue weighted by atomic mass is 35.5. The van der Waals surface area contributed by atoms with E-state index in [1.807, 2.05) is 0 Å². The number of nitrogens with zero attached hydrogens (tertiary/aromatic N) is 5. The molecule has 12 heteroatoms. The van der Waals surface area contributed by atoms with Crippen molar-refractivity contribution in [2.24, 2.45) is 0 Å². The van der Waals surface area contributed by atoms with Crippen LogP contribution in [0.5, 0.6) is 5.75 Å². The molecule has 1 aromatic carbocycles. The highest BCUT2D eigenvalue weighted by Crippen LogP contribution is 2.42. The molecule has 0 saturated carbocycles. The predicted molar refractivity (Wildman–Crippen MR) is 119 cm³/mol. The maximum absolute atomic E-state index is 15.4. The highest BCUT2D eigenvalue weighted by Gasteiger charge is 2.33. The SMILES string of the molecule is CCC(=O)N1CC(Oc2c(F)c(Cl)c(-c3cn4cc(NC(C)=O)nc4cn3)c3cn[nH]c23)C1. The largest absolute Gasteiger partial charge is 0.481 e. The van der Waals surface area contributed by atoms with Crippen LogP contribution >= 0.6 is 11.6 Å². The van der Waals surface area contributed by atoms with Crippen molar-refractivity contribution in [1.29, 1.82) is 0 Å². The van der Waals surface area contributed by atoms with Crippen molar-refractivity contribution in [2.45, 2.75) is 26.4 Å². The zero-order chi connectivity index (χ0) is 23.3. The number of fused-ring (bicyclic) bond motifs is 2. The lowest BCUT2D eigenvalue weighted by Gasteiger charge is -2.39. The molecule has 0 radical (unpaired) electrons. The summed E-state index contributed by atoms with van der Waals surface area (Å²) in [6, 6.07) is 0. The maximum atomic E-state index is 15.4. The van der Waals surface area contributed by atoms with E-state index >= 15 is 4.39 Å². The molecule has 1 aliphatic heterocycles. The Morgan fingerprint density at radius 2 is 2.12 bits per heavy atom. The van der Waals surface area contributed by atoms with Crippen LogP contribution in [0.1, 0.15) is 20.3 Å². The van der Waals surface area contributed by atoms with Crippen molar-refractivity contribution in [1.82, 2.24) is 29.5 Å². The van der Waals surface area contributed by atoms with Crippen molar-refractivity contribution in [3.05, 3.63) is 35.6 Å². The molecule has 0 spiro atoms. The Labute approximate surface area is 191 Å². The fourth-order valence-electron chi connectivity index (χ4n) is 3.82. The molecule has 0 atom stereocenters. The Hall–Kier alpha value is -3.73. The molecular formula is C21H19ClFN7O3. The first-order valence-electron chi connectivity index (χ1n) is 10.3. The fourth-order valence-corrected chi connectivity index (χ4v) is 4.11. The summed E-state index contributed by atoms with van der Waals surface area (Å²) >= 11 is 6.46. The van der Waals surface area contributed by atoms with Gasteiger partial charge in [-0.3, -0.25) is 19.7 Å². The van der Waals surface area contributed by atoms with Crippen LogP contribution in [-0.2, 0) is 9.59 Å². The summed E-state index contributed by atoms with van der Waals surface area (Å²) in [5.74, 6) is -0.636. The first-order chi connectivity index (χ1) is 15.9. The number of hydrogen-bond acceptors (Lipinski definition) is 6. The third-order valence-electron chi connectivity index (χ3n) is 5.44. The van der Waals surface area contributed by atoms with E-state index in [-0.39, 0.29) is 28.7 Å². The molecule has 2 N–H and O–H groups in total. The molecule has 4 heterocycles. The van der Waals surface area contributed by atoms with E-state index in [2.05, 4.69) is 25.5 Å². The smallest absolute Gasteiger partial charge is 0.222 e. The van der Waals surface area contributed by atoms with Gasteiger partial charge >= 0.3 is 0 Å². The normalized spacial score (nSPS) is 14.0. The number of aromatic nitrogens is 5. The number of anilines is 1. The summed E-state index contributed by atoms with van der Waals surface area (Å²) in [6.07, 6.45) is 6.36. The van der Waals surface area contributed by atoms with E-state index in [1.165, 1.54) is 19.3 Å². The summed E-state index contributed by atoms with van der Waals surface area (Å²) < 4.78 is 22.9. The van der Waals surface area contributed by atoms with Crippen LogP contribution in [0.25, 0.3) is 27.8 Å². The lowest BCUT2D eigenvalue weighted by molar-refractivity contribution is -0.139. The summed E-state index contributed by atoms with van der Waals surface area (Å²) in [6.45, 7) is 3.95. The Bertz CT molecular complexity index is 1410. The Morgan fingerprint density at radius 3 is 2.85 bits per heavy atom. The van der Waals surface area contributed by atoms with Crippen molar-refractivity contribution in [2.75, 3.05) is 18.4 Å². The topological polar surface area (TPSA) is 118 Å². The van der Waals surface area contributed by atoms with Gasteiger partial charge in [0, 0.05) is 30.5 Å². The zero-order valence-corrected chi connectivity index (χ0v) is 18.5. The molecule has 0 unspecified atom stereocenters. The van der Waals surface area contributed by atoms with Crippen molar-refractivity contribution < 1.29 is 18.7 Å². The number of aromatic amines is 1. The molecular weight excluding hydrogens is 453 g/mol. The quantitative estimate of drug-likeness (QED) is 0.462. The second-order valence-electron chi connectivity index (χ2n) is 7.73. The van der Waals surface area contributed by atoms with Crippen molar-refractivity contribution >= 4 is 45.8 Å². The minimum absolute atomic E-state index is 0.0259. The van der Waals surface area contributed by atoms with E-state index in [0.29, 0.717) is 53.1 Å². The first kappa shape index (κ1) is 21.1. The summed E-state index contributed by atoms with van der Waals surface area (Å²) in [7, 11) is 0. The lowest BCUT2D eigenvalue weighted by Crippen LogP contribution is -2.56. The Kier molecular flexibility index (Phi) is 5.12. The number of benzene rings is 1. The van der Waals surface area contributed by atoms with Gasteiger partial charge in [-0.1, -0.05) is 18.5 Å². The third kappa shape index (κ3) is 3.63. The average molecular weight is 472 g/mol. The number of carbonyl (C=O) groups is 2. The van der Waals surface area contributed by atoms with Gasteiger partial charge in [-0.25, -0.2) is 9.37 Å². The van der Waals surface area contributed by atoms with Gasteiger partial charge < -0.3 is 19.4 Å². The van der Waals surface area contributed by atoms with Gasteiger partial charge in [0.15, 0.2) is 23.0 Å².